The monoisotopic (exact) mass is 399 g/mol. The predicted octanol–water partition coefficient (Wildman–Crippen LogP) is 4.05. The van der Waals surface area contributed by atoms with E-state index in [-0.39, 0.29) is 23.3 Å². The van der Waals surface area contributed by atoms with Crippen LogP contribution in [0.3, 0.4) is 0 Å². The first-order valence-corrected chi connectivity index (χ1v) is 10.3. The number of halogens is 2. The molecule has 154 valence electrons. The van der Waals surface area contributed by atoms with Crippen molar-refractivity contribution in [2.24, 2.45) is 0 Å². The highest BCUT2D eigenvalue weighted by Crippen LogP contribution is 2.35. The Balaban J connectivity index is 1.46. The van der Waals surface area contributed by atoms with E-state index in [1.165, 1.54) is 6.07 Å². The molecular formula is C23H27F2N3O. The van der Waals surface area contributed by atoms with Gasteiger partial charge in [0.15, 0.2) is 5.67 Å². The van der Waals surface area contributed by atoms with Crippen molar-refractivity contribution >= 4 is 5.91 Å². The fraction of sp³-hybridized carbons (Fsp3) is 0.478. The van der Waals surface area contributed by atoms with Crippen LogP contribution in [0.4, 0.5) is 8.78 Å². The zero-order chi connectivity index (χ0) is 20.6. The fourth-order valence-electron chi connectivity index (χ4n) is 4.66. The first-order valence-electron chi connectivity index (χ1n) is 10.3. The minimum atomic E-state index is -1.50. The highest BCUT2D eigenvalue weighted by molar-refractivity contribution is 5.92. The molecule has 4 nitrogen and oxygen atoms in total. The maximum absolute atomic E-state index is 15.2. The number of carbonyl (C=O) groups excluding carboxylic acids is 1. The summed E-state index contributed by atoms with van der Waals surface area (Å²) < 4.78 is 29.5. The number of aryl methyl sites for hydroxylation is 1. The largest absolute Gasteiger partial charge is 0.337 e. The van der Waals surface area contributed by atoms with E-state index >= 15 is 4.39 Å². The van der Waals surface area contributed by atoms with E-state index in [0.29, 0.717) is 51.1 Å². The number of alkyl halides is 1. The summed E-state index contributed by atoms with van der Waals surface area (Å²) in [5.74, 6) is -0.230. The van der Waals surface area contributed by atoms with Crippen molar-refractivity contribution in [3.63, 3.8) is 0 Å². The Morgan fingerprint density at radius 3 is 2.52 bits per heavy atom. The molecule has 0 bridgehead atoms. The number of piperidine rings is 1. The molecule has 1 atom stereocenters. The van der Waals surface area contributed by atoms with E-state index in [1.54, 1.807) is 29.2 Å². The lowest BCUT2D eigenvalue weighted by Gasteiger charge is -2.33. The molecule has 1 aromatic carbocycles. The molecule has 0 N–H and O–H groups in total. The van der Waals surface area contributed by atoms with Crippen LogP contribution in [0.1, 0.15) is 52.5 Å². The number of hydrogen-bond acceptors (Lipinski definition) is 3. The van der Waals surface area contributed by atoms with Crippen molar-refractivity contribution in [1.29, 1.82) is 0 Å². The van der Waals surface area contributed by atoms with Gasteiger partial charge in [0.05, 0.1) is 5.69 Å². The first-order chi connectivity index (χ1) is 13.9. The Morgan fingerprint density at radius 1 is 1.14 bits per heavy atom. The molecule has 0 radical (unpaired) electrons. The number of aromatic nitrogens is 1. The van der Waals surface area contributed by atoms with E-state index in [2.05, 4.69) is 4.98 Å². The minimum Gasteiger partial charge on any atom is -0.337 e. The van der Waals surface area contributed by atoms with E-state index in [0.717, 1.165) is 11.1 Å². The van der Waals surface area contributed by atoms with Gasteiger partial charge in [-0.05, 0) is 62.1 Å². The van der Waals surface area contributed by atoms with Gasteiger partial charge < -0.3 is 9.80 Å². The molecule has 1 unspecified atom stereocenters. The second-order valence-corrected chi connectivity index (χ2v) is 8.40. The van der Waals surface area contributed by atoms with E-state index in [1.807, 2.05) is 24.9 Å². The van der Waals surface area contributed by atoms with Gasteiger partial charge in [0, 0.05) is 32.6 Å². The third kappa shape index (κ3) is 3.90. The number of hydrogen-bond donors (Lipinski definition) is 0. The molecular weight excluding hydrogens is 372 g/mol. The summed E-state index contributed by atoms with van der Waals surface area (Å²) in [5.41, 5.74) is 0.850. The van der Waals surface area contributed by atoms with Gasteiger partial charge in [-0.15, -0.1) is 0 Å². The Kier molecular flexibility index (Phi) is 5.38. The van der Waals surface area contributed by atoms with Crippen molar-refractivity contribution in [2.75, 3.05) is 33.2 Å². The molecule has 0 saturated carbocycles. The van der Waals surface area contributed by atoms with E-state index in [4.69, 9.17) is 0 Å². The van der Waals surface area contributed by atoms with Gasteiger partial charge in [-0.2, -0.15) is 0 Å². The van der Waals surface area contributed by atoms with Crippen LogP contribution in [-0.4, -0.2) is 53.9 Å². The molecule has 1 amide bonds. The van der Waals surface area contributed by atoms with Crippen molar-refractivity contribution in [2.45, 2.75) is 37.8 Å². The molecule has 4 rings (SSSR count). The lowest BCUT2D eigenvalue weighted by atomic mass is 9.86. The van der Waals surface area contributed by atoms with Crippen molar-refractivity contribution < 1.29 is 13.6 Å². The third-order valence-electron chi connectivity index (χ3n) is 6.30. The highest BCUT2D eigenvalue weighted by atomic mass is 19.1. The smallest absolute Gasteiger partial charge is 0.272 e. The summed E-state index contributed by atoms with van der Waals surface area (Å²) in [5, 5.41) is 0. The lowest BCUT2D eigenvalue weighted by molar-refractivity contribution is 0.0704. The average molecular weight is 399 g/mol. The number of benzene rings is 1. The molecule has 2 aromatic rings. The fourth-order valence-corrected chi connectivity index (χ4v) is 4.66. The van der Waals surface area contributed by atoms with Crippen LogP contribution in [0.5, 0.6) is 0 Å². The van der Waals surface area contributed by atoms with Crippen molar-refractivity contribution in [3.05, 3.63) is 64.7 Å². The summed E-state index contributed by atoms with van der Waals surface area (Å²) in [6.45, 7) is 4.00. The number of likely N-dealkylation sites (tertiary alicyclic amines) is 2. The number of pyridine rings is 1. The first kappa shape index (κ1) is 20.0. The zero-order valence-corrected chi connectivity index (χ0v) is 17.0. The molecule has 2 aliphatic heterocycles. The number of rotatable bonds is 3. The maximum Gasteiger partial charge on any atom is 0.272 e. The van der Waals surface area contributed by atoms with Gasteiger partial charge in [-0.25, -0.2) is 13.8 Å². The van der Waals surface area contributed by atoms with Crippen LogP contribution < -0.4 is 0 Å². The molecule has 2 saturated heterocycles. The van der Waals surface area contributed by atoms with Crippen LogP contribution in [0.15, 0.2) is 36.4 Å². The molecule has 0 spiro atoms. The Labute approximate surface area is 170 Å². The number of likely N-dealkylation sites (N-methyl/N-ethyl adjacent to an activating group) is 1. The normalized spacial score (nSPS) is 23.5. The third-order valence-corrected chi connectivity index (χ3v) is 6.30. The number of nitrogens with zero attached hydrogens (tertiary/aromatic N) is 3. The van der Waals surface area contributed by atoms with Crippen LogP contribution in [-0.2, 0) is 5.67 Å². The van der Waals surface area contributed by atoms with Gasteiger partial charge in [0.25, 0.3) is 5.91 Å². The standard InChI is InChI=1S/C23H27F2N3O/c1-16-5-3-6-18(24)21(16)17-9-12-28(13-10-17)22(29)19-7-4-8-20(26-19)23(25)11-14-27(2)15-23/h3-8,17H,9-15H2,1-2H3. The topological polar surface area (TPSA) is 36.4 Å². The zero-order valence-electron chi connectivity index (χ0n) is 17.0. The number of carbonyl (C=O) groups is 1. The molecule has 1 aromatic heterocycles. The van der Waals surface area contributed by atoms with Gasteiger partial charge in [-0.3, -0.25) is 4.79 Å². The van der Waals surface area contributed by atoms with Gasteiger partial charge >= 0.3 is 0 Å². The second kappa shape index (κ2) is 7.82. The summed E-state index contributed by atoms with van der Waals surface area (Å²) in [7, 11) is 1.89. The Hall–Kier alpha value is -2.34. The SMILES string of the molecule is Cc1cccc(F)c1C1CCN(C(=O)c2cccc(C3(F)CCN(C)C3)n2)CC1. The van der Waals surface area contributed by atoms with E-state index < -0.39 is 5.67 Å². The average Bonchev–Trinajstić information content (AvgIpc) is 3.08. The van der Waals surface area contributed by atoms with Crippen molar-refractivity contribution in [1.82, 2.24) is 14.8 Å². The number of amides is 1. The lowest BCUT2D eigenvalue weighted by Crippen LogP contribution is -2.39. The molecule has 29 heavy (non-hydrogen) atoms. The molecule has 2 fully saturated rings. The summed E-state index contributed by atoms with van der Waals surface area (Å²) in [6, 6.07) is 10.2. The van der Waals surface area contributed by atoms with Crippen LogP contribution in [0.2, 0.25) is 0 Å². The van der Waals surface area contributed by atoms with Crippen LogP contribution in [0, 0.1) is 12.7 Å². The quantitative estimate of drug-likeness (QED) is 0.781. The molecule has 3 heterocycles. The van der Waals surface area contributed by atoms with Gasteiger partial charge in [0.2, 0.25) is 0 Å². The van der Waals surface area contributed by atoms with Gasteiger partial charge in [0.1, 0.15) is 11.5 Å². The summed E-state index contributed by atoms with van der Waals surface area (Å²) in [4.78, 5) is 21.0. The Morgan fingerprint density at radius 2 is 1.86 bits per heavy atom. The molecule has 6 heteroatoms. The second-order valence-electron chi connectivity index (χ2n) is 8.40. The molecule has 2 aliphatic rings. The van der Waals surface area contributed by atoms with Crippen molar-refractivity contribution in [3.8, 4) is 0 Å². The highest BCUT2D eigenvalue weighted by Gasteiger charge is 2.40. The van der Waals surface area contributed by atoms with E-state index in [9.17, 15) is 9.18 Å². The maximum atomic E-state index is 15.2. The molecule has 0 aliphatic carbocycles. The Bertz CT molecular complexity index is 890. The van der Waals surface area contributed by atoms with Gasteiger partial charge in [-0.1, -0.05) is 18.2 Å². The predicted molar refractivity (Wildman–Crippen MR) is 108 cm³/mol. The minimum absolute atomic E-state index is 0.114. The van der Waals surface area contributed by atoms with Crippen LogP contribution >= 0.6 is 0 Å². The summed E-state index contributed by atoms with van der Waals surface area (Å²) >= 11 is 0. The van der Waals surface area contributed by atoms with Crippen LogP contribution in [0.25, 0.3) is 0 Å². The summed E-state index contributed by atoms with van der Waals surface area (Å²) in [6.07, 6.45) is 1.82.